The number of ether oxygens (including phenoxy) is 2. The van der Waals surface area contributed by atoms with Crippen molar-refractivity contribution in [2.75, 3.05) is 26.2 Å². The third-order valence-corrected chi connectivity index (χ3v) is 8.02. The minimum atomic E-state index is -4.58. The standard InChI is InChI=1S/C31H32ClF3N4O4/c1-19-4-2-5-20(14-19)17-42-18-26(29(41)37-25-16-39-12-9-21(25)10-13-39)38-28(40)23-6-3-11-36-30(23)43-27-8-7-22(15-24(27)32)31(33,34)35/h2-8,11,14-15,21,25-26H,9-10,12-13,16-18H2,1H3,(H,37,41)(H,38,40)/t25-,26-/m1/s1. The van der Waals surface area contributed by atoms with E-state index < -0.39 is 23.7 Å². The molecule has 12 heteroatoms. The summed E-state index contributed by atoms with van der Waals surface area (Å²) in [5.41, 5.74) is 1.03. The summed E-state index contributed by atoms with van der Waals surface area (Å²) in [5.74, 6) is -0.947. The summed E-state index contributed by atoms with van der Waals surface area (Å²) in [6, 6.07) is 12.3. The average molecular weight is 617 g/mol. The molecule has 0 spiro atoms. The summed E-state index contributed by atoms with van der Waals surface area (Å²) in [5, 5.41) is 5.56. The zero-order valence-electron chi connectivity index (χ0n) is 23.5. The number of benzene rings is 2. The molecule has 2 N–H and O–H groups in total. The Hall–Kier alpha value is -3.67. The van der Waals surface area contributed by atoms with Crippen molar-refractivity contribution in [1.82, 2.24) is 20.5 Å². The third kappa shape index (κ3) is 7.84. The van der Waals surface area contributed by atoms with Crippen LogP contribution in [0.1, 0.15) is 39.9 Å². The van der Waals surface area contributed by atoms with E-state index in [1.807, 2.05) is 31.2 Å². The smallest absolute Gasteiger partial charge is 0.416 e. The van der Waals surface area contributed by atoms with Crippen LogP contribution in [0.3, 0.4) is 0 Å². The second-order valence-corrected chi connectivity index (χ2v) is 11.3. The van der Waals surface area contributed by atoms with Crippen LogP contribution in [0.2, 0.25) is 5.02 Å². The van der Waals surface area contributed by atoms with Gasteiger partial charge in [0, 0.05) is 18.8 Å². The SMILES string of the molecule is Cc1cccc(COC[C@@H](NC(=O)c2cccnc2Oc2ccc(C(F)(F)F)cc2Cl)C(=O)N[C@@H]2CN3CCC2CC3)c1. The molecule has 0 unspecified atom stereocenters. The lowest BCUT2D eigenvalue weighted by Gasteiger charge is -2.45. The first-order valence-electron chi connectivity index (χ1n) is 14.0. The minimum absolute atomic E-state index is 0.0229. The Bertz CT molecular complexity index is 1460. The van der Waals surface area contributed by atoms with Gasteiger partial charge in [-0.2, -0.15) is 13.2 Å². The molecular weight excluding hydrogens is 585 g/mol. The topological polar surface area (TPSA) is 92.8 Å². The lowest BCUT2D eigenvalue weighted by molar-refractivity contribution is -0.137. The van der Waals surface area contributed by atoms with Gasteiger partial charge in [-0.3, -0.25) is 9.59 Å². The minimum Gasteiger partial charge on any atom is -0.437 e. The zero-order valence-corrected chi connectivity index (χ0v) is 24.3. The molecule has 3 fully saturated rings. The Morgan fingerprint density at radius 2 is 1.91 bits per heavy atom. The van der Waals surface area contributed by atoms with Crippen molar-refractivity contribution in [3.8, 4) is 11.6 Å². The number of fused-ring (bicyclic) bond motifs is 3. The number of piperidine rings is 3. The maximum Gasteiger partial charge on any atom is 0.416 e. The molecule has 2 aromatic carbocycles. The van der Waals surface area contributed by atoms with E-state index in [-0.39, 0.29) is 47.4 Å². The zero-order chi connectivity index (χ0) is 30.6. The summed E-state index contributed by atoms with van der Waals surface area (Å²) < 4.78 is 50.8. The van der Waals surface area contributed by atoms with Gasteiger partial charge >= 0.3 is 6.18 Å². The lowest BCUT2D eigenvalue weighted by atomic mass is 9.84. The molecule has 8 nitrogen and oxygen atoms in total. The quantitative estimate of drug-likeness (QED) is 0.318. The largest absolute Gasteiger partial charge is 0.437 e. The first kappa shape index (κ1) is 30.8. The molecule has 6 rings (SSSR count). The lowest BCUT2D eigenvalue weighted by Crippen LogP contribution is -2.60. The molecule has 0 aliphatic carbocycles. The van der Waals surface area contributed by atoms with E-state index in [0.29, 0.717) is 5.92 Å². The molecule has 0 saturated carbocycles. The molecule has 3 saturated heterocycles. The number of carbonyl (C=O) groups is 2. The van der Waals surface area contributed by atoms with Crippen LogP contribution >= 0.6 is 11.6 Å². The molecule has 3 aliphatic rings. The Balaban J connectivity index is 1.31. The Morgan fingerprint density at radius 1 is 1.12 bits per heavy atom. The van der Waals surface area contributed by atoms with E-state index >= 15 is 0 Å². The van der Waals surface area contributed by atoms with Crippen LogP contribution in [0.15, 0.2) is 60.8 Å². The van der Waals surface area contributed by atoms with Gasteiger partial charge < -0.3 is 25.0 Å². The molecule has 2 bridgehead atoms. The van der Waals surface area contributed by atoms with Crippen LogP contribution in [0.5, 0.6) is 11.6 Å². The number of nitrogens with zero attached hydrogens (tertiary/aromatic N) is 2. The highest BCUT2D eigenvalue weighted by molar-refractivity contribution is 6.32. The van der Waals surface area contributed by atoms with Crippen LogP contribution < -0.4 is 15.4 Å². The fraction of sp³-hybridized carbons (Fsp3) is 0.387. The molecule has 43 heavy (non-hydrogen) atoms. The highest BCUT2D eigenvalue weighted by Crippen LogP contribution is 2.36. The highest BCUT2D eigenvalue weighted by atomic mass is 35.5. The Labute approximate surface area is 252 Å². The maximum absolute atomic E-state index is 13.5. The summed E-state index contributed by atoms with van der Waals surface area (Å²) in [4.78, 5) is 33.4. The second kappa shape index (κ2) is 13.3. The maximum atomic E-state index is 13.5. The van der Waals surface area contributed by atoms with Gasteiger partial charge in [0.05, 0.1) is 23.8 Å². The fourth-order valence-electron chi connectivity index (χ4n) is 5.44. The predicted molar refractivity (Wildman–Crippen MR) is 154 cm³/mol. The molecule has 0 radical (unpaired) electrons. The van der Waals surface area contributed by atoms with E-state index in [2.05, 4.69) is 20.5 Å². The average Bonchev–Trinajstić information content (AvgIpc) is 2.98. The van der Waals surface area contributed by atoms with Crippen LogP contribution in [0.25, 0.3) is 0 Å². The van der Waals surface area contributed by atoms with Crippen molar-refractivity contribution >= 4 is 23.4 Å². The van der Waals surface area contributed by atoms with Gasteiger partial charge in [0.2, 0.25) is 11.8 Å². The van der Waals surface area contributed by atoms with E-state index in [0.717, 1.165) is 61.8 Å². The van der Waals surface area contributed by atoms with Crippen LogP contribution in [0.4, 0.5) is 13.2 Å². The van der Waals surface area contributed by atoms with Gasteiger partial charge in [0.15, 0.2) is 0 Å². The first-order chi connectivity index (χ1) is 20.6. The summed E-state index contributed by atoms with van der Waals surface area (Å²) in [7, 11) is 0. The summed E-state index contributed by atoms with van der Waals surface area (Å²) >= 11 is 6.05. The predicted octanol–water partition coefficient (Wildman–Crippen LogP) is 5.38. The number of hydrogen-bond donors (Lipinski definition) is 2. The molecule has 2 amide bonds. The van der Waals surface area contributed by atoms with Gasteiger partial charge in [-0.25, -0.2) is 4.98 Å². The van der Waals surface area contributed by atoms with Crippen LogP contribution in [-0.4, -0.2) is 60.0 Å². The molecular formula is C31H32ClF3N4O4. The van der Waals surface area contributed by atoms with Crippen molar-refractivity contribution in [2.24, 2.45) is 5.92 Å². The number of rotatable bonds is 10. The highest BCUT2D eigenvalue weighted by Gasteiger charge is 2.36. The Kier molecular flexibility index (Phi) is 9.53. The van der Waals surface area contributed by atoms with Crippen molar-refractivity contribution in [3.05, 3.63) is 88.1 Å². The van der Waals surface area contributed by atoms with Gasteiger partial charge in [0.25, 0.3) is 5.91 Å². The molecule has 4 heterocycles. The first-order valence-corrected chi connectivity index (χ1v) is 14.4. The van der Waals surface area contributed by atoms with E-state index in [1.54, 1.807) is 0 Å². The number of carbonyl (C=O) groups excluding carboxylic acids is 2. The number of halogens is 4. The summed E-state index contributed by atoms with van der Waals surface area (Å²) in [6.45, 7) is 4.92. The van der Waals surface area contributed by atoms with Crippen LogP contribution in [-0.2, 0) is 22.3 Å². The summed E-state index contributed by atoms with van der Waals surface area (Å²) in [6.07, 6.45) is -1.19. The number of alkyl halides is 3. The van der Waals surface area contributed by atoms with Crippen molar-refractivity contribution < 1.29 is 32.2 Å². The number of hydrogen-bond acceptors (Lipinski definition) is 6. The second-order valence-electron chi connectivity index (χ2n) is 10.9. The van der Waals surface area contributed by atoms with Gasteiger partial charge in [-0.15, -0.1) is 0 Å². The fourth-order valence-corrected chi connectivity index (χ4v) is 5.66. The number of pyridine rings is 1. The van der Waals surface area contributed by atoms with E-state index in [9.17, 15) is 22.8 Å². The van der Waals surface area contributed by atoms with E-state index in [1.165, 1.54) is 18.3 Å². The van der Waals surface area contributed by atoms with Crippen LogP contribution in [0, 0.1) is 12.8 Å². The molecule has 1 aromatic heterocycles. The van der Waals surface area contributed by atoms with Crippen molar-refractivity contribution in [1.29, 1.82) is 0 Å². The van der Waals surface area contributed by atoms with Crippen molar-refractivity contribution in [3.63, 3.8) is 0 Å². The Morgan fingerprint density at radius 3 is 2.58 bits per heavy atom. The third-order valence-electron chi connectivity index (χ3n) is 7.72. The number of aryl methyl sites for hydroxylation is 1. The normalized spacial score (nSPS) is 20.3. The molecule has 3 aromatic rings. The van der Waals surface area contributed by atoms with E-state index in [4.69, 9.17) is 21.1 Å². The number of amides is 2. The van der Waals surface area contributed by atoms with Gasteiger partial charge in [0.1, 0.15) is 17.4 Å². The molecule has 2 atom stereocenters. The molecule has 228 valence electrons. The van der Waals surface area contributed by atoms with Gasteiger partial charge in [-0.05, 0) is 74.7 Å². The van der Waals surface area contributed by atoms with Crippen molar-refractivity contribution in [2.45, 2.75) is 44.6 Å². The molecule has 3 aliphatic heterocycles. The number of nitrogens with one attached hydrogen (secondary N) is 2. The van der Waals surface area contributed by atoms with Gasteiger partial charge in [-0.1, -0.05) is 41.4 Å². The monoisotopic (exact) mass is 616 g/mol. The number of aromatic nitrogens is 1.